The molecule has 2 aliphatic rings. The molecule has 1 unspecified atom stereocenters. The molecule has 1 N–H and O–H groups in total. The van der Waals surface area contributed by atoms with Crippen LogP contribution in [-0.4, -0.2) is 35.7 Å². The number of nitrogens with zero attached hydrogens (tertiary/aromatic N) is 2. The minimum absolute atomic E-state index is 0.310. The molecule has 1 saturated heterocycles. The van der Waals surface area contributed by atoms with Crippen molar-refractivity contribution < 1.29 is 5.11 Å². The van der Waals surface area contributed by atoms with E-state index in [1.165, 1.54) is 30.4 Å². The summed E-state index contributed by atoms with van der Waals surface area (Å²) in [6, 6.07) is 19.3. The zero-order valence-corrected chi connectivity index (χ0v) is 15.1. The third kappa shape index (κ3) is 3.67. The van der Waals surface area contributed by atoms with Gasteiger partial charge in [-0.3, -0.25) is 4.90 Å². The summed E-state index contributed by atoms with van der Waals surface area (Å²) in [7, 11) is 0. The lowest BCUT2D eigenvalue weighted by Crippen LogP contribution is -2.33. The summed E-state index contributed by atoms with van der Waals surface area (Å²) >= 11 is 0. The maximum absolute atomic E-state index is 9.44. The number of benzene rings is 2. The Kier molecular flexibility index (Phi) is 5.06. The van der Waals surface area contributed by atoms with Crippen LogP contribution in [0.3, 0.4) is 0 Å². The van der Waals surface area contributed by atoms with Crippen molar-refractivity contribution >= 4 is 0 Å². The van der Waals surface area contributed by atoms with Crippen molar-refractivity contribution in [1.82, 2.24) is 4.90 Å². The molecule has 1 saturated carbocycles. The van der Waals surface area contributed by atoms with Gasteiger partial charge in [-0.1, -0.05) is 36.4 Å². The van der Waals surface area contributed by atoms with E-state index in [0.717, 1.165) is 31.0 Å². The fourth-order valence-corrected chi connectivity index (χ4v) is 4.36. The van der Waals surface area contributed by atoms with Crippen molar-refractivity contribution in [3.8, 4) is 17.2 Å². The number of hydrogen-bond donors (Lipinski definition) is 1. The summed E-state index contributed by atoms with van der Waals surface area (Å²) in [5.41, 5.74) is 4.52. The Labute approximate surface area is 155 Å². The lowest BCUT2D eigenvalue weighted by atomic mass is 10.0. The molecule has 1 aliphatic heterocycles. The van der Waals surface area contributed by atoms with Gasteiger partial charge in [-0.2, -0.15) is 5.26 Å². The van der Waals surface area contributed by atoms with Gasteiger partial charge in [0.15, 0.2) is 0 Å². The summed E-state index contributed by atoms with van der Waals surface area (Å²) in [4.78, 5) is 2.48. The van der Waals surface area contributed by atoms with Gasteiger partial charge in [0.1, 0.15) is 0 Å². The molecule has 26 heavy (non-hydrogen) atoms. The first kappa shape index (κ1) is 17.3. The Morgan fingerprint density at radius 3 is 2.38 bits per heavy atom. The number of hydrogen-bond acceptors (Lipinski definition) is 3. The molecule has 4 rings (SSSR count). The predicted molar refractivity (Wildman–Crippen MR) is 104 cm³/mol. The molecule has 2 aromatic carbocycles. The normalized spacial score (nSPS) is 25.2. The standard InChI is InChI=1S/C23H26N2O/c24-15-17-3-5-18(6-4-17)19-7-9-20(10-8-19)23-14-21(23)11-13-25-12-1-2-22(25)16-26/h3-10,21-23,26H,1-2,11-14,16H2/t21?,22-,23-/m1/s1. The lowest BCUT2D eigenvalue weighted by Gasteiger charge is -2.22. The second kappa shape index (κ2) is 7.61. The maximum atomic E-state index is 9.44. The zero-order chi connectivity index (χ0) is 17.9. The number of rotatable bonds is 6. The summed E-state index contributed by atoms with van der Waals surface area (Å²) in [5, 5.41) is 18.3. The summed E-state index contributed by atoms with van der Waals surface area (Å²) in [6.07, 6.45) is 4.93. The Bertz CT molecular complexity index is 775. The molecule has 1 aliphatic carbocycles. The topological polar surface area (TPSA) is 47.3 Å². The Balaban J connectivity index is 1.32. The first-order valence-corrected chi connectivity index (χ1v) is 9.74. The monoisotopic (exact) mass is 346 g/mol. The highest BCUT2D eigenvalue weighted by Gasteiger charge is 2.38. The number of likely N-dealkylation sites (tertiary alicyclic amines) is 1. The molecule has 3 atom stereocenters. The SMILES string of the molecule is N#Cc1ccc(-c2ccc([C@H]3CC3CCN3CCC[C@@H]3CO)cc2)cc1. The van der Waals surface area contributed by atoms with Crippen LogP contribution in [0.4, 0.5) is 0 Å². The molecule has 134 valence electrons. The molecule has 3 nitrogen and oxygen atoms in total. The highest BCUT2D eigenvalue weighted by atomic mass is 16.3. The van der Waals surface area contributed by atoms with Crippen molar-refractivity contribution in [3.63, 3.8) is 0 Å². The van der Waals surface area contributed by atoms with Crippen LogP contribution in [0.1, 0.15) is 42.7 Å². The zero-order valence-electron chi connectivity index (χ0n) is 15.1. The van der Waals surface area contributed by atoms with Crippen LogP contribution < -0.4 is 0 Å². The fraction of sp³-hybridized carbons (Fsp3) is 0.435. The van der Waals surface area contributed by atoms with Crippen molar-refractivity contribution in [3.05, 3.63) is 59.7 Å². The lowest BCUT2D eigenvalue weighted by molar-refractivity contribution is 0.156. The average molecular weight is 346 g/mol. The molecule has 3 heteroatoms. The van der Waals surface area contributed by atoms with E-state index < -0.39 is 0 Å². The molecule has 0 bridgehead atoms. The summed E-state index contributed by atoms with van der Waals surface area (Å²) in [5.74, 6) is 1.51. The van der Waals surface area contributed by atoms with Gasteiger partial charge >= 0.3 is 0 Å². The molecular weight excluding hydrogens is 320 g/mol. The second-order valence-corrected chi connectivity index (χ2v) is 7.72. The van der Waals surface area contributed by atoms with Crippen LogP contribution >= 0.6 is 0 Å². The molecule has 0 radical (unpaired) electrons. The fourth-order valence-electron chi connectivity index (χ4n) is 4.36. The van der Waals surface area contributed by atoms with Gasteiger partial charge in [-0.05, 0) is 79.4 Å². The van der Waals surface area contributed by atoms with Gasteiger partial charge in [0.25, 0.3) is 0 Å². The van der Waals surface area contributed by atoms with E-state index in [-0.39, 0.29) is 0 Å². The van der Waals surface area contributed by atoms with E-state index >= 15 is 0 Å². The number of aliphatic hydroxyl groups excluding tert-OH is 1. The van der Waals surface area contributed by atoms with Crippen molar-refractivity contribution in [1.29, 1.82) is 5.26 Å². The number of aliphatic hydroxyl groups is 1. The van der Waals surface area contributed by atoms with E-state index in [4.69, 9.17) is 5.26 Å². The van der Waals surface area contributed by atoms with Crippen LogP contribution in [0, 0.1) is 17.2 Å². The molecule has 0 aromatic heterocycles. The molecule has 1 heterocycles. The van der Waals surface area contributed by atoms with Gasteiger partial charge in [-0.15, -0.1) is 0 Å². The van der Waals surface area contributed by atoms with Crippen LogP contribution in [0.25, 0.3) is 11.1 Å². The molecule has 0 spiro atoms. The predicted octanol–water partition coefficient (Wildman–Crippen LogP) is 4.18. The largest absolute Gasteiger partial charge is 0.395 e. The van der Waals surface area contributed by atoms with Crippen molar-refractivity contribution in [2.24, 2.45) is 5.92 Å². The smallest absolute Gasteiger partial charge is 0.0991 e. The van der Waals surface area contributed by atoms with Crippen LogP contribution in [0.2, 0.25) is 0 Å². The Hall–Kier alpha value is -2.15. The highest BCUT2D eigenvalue weighted by Crippen LogP contribution is 2.50. The van der Waals surface area contributed by atoms with Crippen molar-refractivity contribution in [2.45, 2.75) is 37.6 Å². The highest BCUT2D eigenvalue weighted by molar-refractivity contribution is 5.64. The summed E-state index contributed by atoms with van der Waals surface area (Å²) < 4.78 is 0. The number of nitriles is 1. The molecule has 2 fully saturated rings. The van der Waals surface area contributed by atoms with Gasteiger partial charge in [-0.25, -0.2) is 0 Å². The van der Waals surface area contributed by atoms with E-state index in [1.807, 2.05) is 24.3 Å². The average Bonchev–Trinajstić information content (AvgIpc) is 3.34. The van der Waals surface area contributed by atoms with E-state index in [9.17, 15) is 5.11 Å². The molecule has 0 amide bonds. The van der Waals surface area contributed by atoms with E-state index in [1.54, 1.807) is 0 Å². The maximum Gasteiger partial charge on any atom is 0.0991 e. The third-order valence-electron chi connectivity index (χ3n) is 6.11. The van der Waals surface area contributed by atoms with Crippen molar-refractivity contribution in [2.75, 3.05) is 19.7 Å². The third-order valence-corrected chi connectivity index (χ3v) is 6.11. The minimum atomic E-state index is 0.310. The van der Waals surface area contributed by atoms with Gasteiger partial charge < -0.3 is 5.11 Å². The quantitative estimate of drug-likeness (QED) is 0.854. The van der Waals surface area contributed by atoms with Crippen LogP contribution in [0.5, 0.6) is 0 Å². The second-order valence-electron chi connectivity index (χ2n) is 7.72. The van der Waals surface area contributed by atoms with Crippen LogP contribution in [0.15, 0.2) is 48.5 Å². The van der Waals surface area contributed by atoms with Gasteiger partial charge in [0, 0.05) is 6.04 Å². The molecular formula is C23H26N2O. The molecule has 2 aromatic rings. The Morgan fingerprint density at radius 1 is 1.04 bits per heavy atom. The van der Waals surface area contributed by atoms with E-state index in [0.29, 0.717) is 24.1 Å². The minimum Gasteiger partial charge on any atom is -0.395 e. The first-order chi connectivity index (χ1) is 12.8. The van der Waals surface area contributed by atoms with Crippen LogP contribution in [-0.2, 0) is 0 Å². The first-order valence-electron chi connectivity index (χ1n) is 9.74. The van der Waals surface area contributed by atoms with Gasteiger partial charge in [0.2, 0.25) is 0 Å². The summed E-state index contributed by atoms with van der Waals surface area (Å²) in [6.45, 7) is 2.60. The van der Waals surface area contributed by atoms with E-state index in [2.05, 4.69) is 35.2 Å². The Morgan fingerprint density at radius 2 is 1.73 bits per heavy atom. The van der Waals surface area contributed by atoms with Gasteiger partial charge in [0.05, 0.1) is 18.2 Å².